The van der Waals surface area contributed by atoms with E-state index in [2.05, 4.69) is 38.5 Å². The molecule has 0 aliphatic carbocycles. The zero-order chi connectivity index (χ0) is 20.4. The predicted molar refractivity (Wildman–Crippen MR) is 123 cm³/mol. The smallest absolute Gasteiger partial charge is 0.207 e. The fourth-order valence-corrected chi connectivity index (χ4v) is 7.74. The van der Waals surface area contributed by atoms with E-state index in [0.717, 1.165) is 30.0 Å². The zero-order valence-corrected chi connectivity index (χ0v) is 19.8. The van der Waals surface area contributed by atoms with Gasteiger partial charge in [0.2, 0.25) is 7.29 Å². The lowest BCUT2D eigenvalue weighted by Gasteiger charge is -2.39. The van der Waals surface area contributed by atoms with E-state index in [9.17, 15) is 4.57 Å². The van der Waals surface area contributed by atoms with Crippen molar-refractivity contribution >= 4 is 26.2 Å². The van der Waals surface area contributed by atoms with E-state index >= 15 is 0 Å². The van der Waals surface area contributed by atoms with Gasteiger partial charge < -0.3 is 4.43 Å². The fourth-order valence-electron chi connectivity index (χ4n) is 3.59. The first-order valence-corrected chi connectivity index (χ1v) is 14.9. The van der Waals surface area contributed by atoms with Crippen LogP contribution < -0.4 is 10.6 Å². The van der Waals surface area contributed by atoms with Crippen molar-refractivity contribution in [3.63, 3.8) is 0 Å². The van der Waals surface area contributed by atoms with Crippen molar-refractivity contribution in [2.24, 2.45) is 0 Å². The Hall–Kier alpha value is -1.19. The molecule has 0 bridgehead atoms. The molecule has 1 saturated heterocycles. The minimum atomic E-state index is -2.88. The first-order chi connectivity index (χ1) is 13.2. The number of benzene rings is 2. The van der Waals surface area contributed by atoms with Gasteiger partial charge in [-0.3, -0.25) is 4.57 Å². The lowest BCUT2D eigenvalue weighted by molar-refractivity contribution is 0.216. The van der Waals surface area contributed by atoms with Crippen LogP contribution in [0.1, 0.15) is 33.6 Å². The van der Waals surface area contributed by atoms with Crippen molar-refractivity contribution in [2.45, 2.75) is 57.8 Å². The Morgan fingerprint density at radius 1 is 1.00 bits per heavy atom. The summed E-state index contributed by atoms with van der Waals surface area (Å²) in [4.78, 5) is 0. The average Bonchev–Trinajstić information content (AvgIpc) is 3.15. The summed E-state index contributed by atoms with van der Waals surface area (Å²) < 4.78 is 23.4. The third-order valence-corrected chi connectivity index (χ3v) is 14.1. The summed E-state index contributed by atoms with van der Waals surface area (Å²) in [5, 5.41) is 2.01. The van der Waals surface area contributed by atoms with E-state index < -0.39 is 15.6 Å². The van der Waals surface area contributed by atoms with Crippen LogP contribution in [0.2, 0.25) is 18.1 Å². The van der Waals surface area contributed by atoms with Gasteiger partial charge in [0, 0.05) is 29.8 Å². The summed E-state index contributed by atoms with van der Waals surface area (Å²) in [6.45, 7) is 12.9. The lowest BCUT2D eigenvalue weighted by Crippen LogP contribution is -2.45. The van der Waals surface area contributed by atoms with Crippen LogP contribution in [0.25, 0.3) is 0 Å². The largest absolute Gasteiger partial charge is 0.415 e. The SMILES string of the molecule is CC(C)(C)[Si](C)(C)OC[C@@H]1CCCN1P(=O)(c1ccccc1)c1ccccc1. The molecule has 0 amide bonds. The van der Waals surface area contributed by atoms with E-state index in [1.54, 1.807) is 0 Å². The molecular formula is C23H34NO2PSi. The van der Waals surface area contributed by atoms with Gasteiger partial charge in [0.05, 0.1) is 0 Å². The zero-order valence-electron chi connectivity index (χ0n) is 17.9. The van der Waals surface area contributed by atoms with Gasteiger partial charge in [0.1, 0.15) is 0 Å². The lowest BCUT2D eigenvalue weighted by atomic mass is 10.2. The third kappa shape index (κ3) is 4.21. The van der Waals surface area contributed by atoms with E-state index in [0.29, 0.717) is 6.61 Å². The van der Waals surface area contributed by atoms with Gasteiger partial charge in [-0.25, -0.2) is 4.67 Å². The molecule has 3 rings (SSSR count). The molecule has 0 radical (unpaired) electrons. The summed E-state index contributed by atoms with van der Waals surface area (Å²) in [7, 11) is -4.72. The van der Waals surface area contributed by atoms with Gasteiger partial charge in [0.25, 0.3) is 0 Å². The molecule has 5 heteroatoms. The van der Waals surface area contributed by atoms with Gasteiger partial charge in [-0.2, -0.15) is 0 Å². The summed E-state index contributed by atoms with van der Waals surface area (Å²) in [6.07, 6.45) is 2.10. The fraction of sp³-hybridized carbons (Fsp3) is 0.478. The monoisotopic (exact) mass is 415 g/mol. The van der Waals surface area contributed by atoms with Gasteiger partial charge >= 0.3 is 0 Å². The second kappa shape index (κ2) is 8.28. The van der Waals surface area contributed by atoms with Crippen LogP contribution in [0.4, 0.5) is 0 Å². The molecule has 0 N–H and O–H groups in total. The standard InChI is InChI=1S/C23H34NO2PSi/c1-23(2,3)28(4,5)26-19-20-13-12-18-24(20)27(25,21-14-8-6-9-15-21)22-16-10-7-11-17-22/h6-11,14-17,20H,12-13,18-19H2,1-5H3/t20-/m0/s1. The molecule has 0 saturated carbocycles. The van der Waals surface area contributed by atoms with Crippen LogP contribution in [0.3, 0.4) is 0 Å². The maximum atomic E-state index is 14.6. The van der Waals surface area contributed by atoms with Gasteiger partial charge in [-0.1, -0.05) is 57.2 Å². The first-order valence-electron chi connectivity index (χ1n) is 10.3. The molecule has 0 aromatic heterocycles. The van der Waals surface area contributed by atoms with E-state index in [4.69, 9.17) is 4.43 Å². The van der Waals surface area contributed by atoms with E-state index in [1.165, 1.54) is 0 Å². The van der Waals surface area contributed by atoms with Crippen molar-refractivity contribution < 1.29 is 8.99 Å². The Morgan fingerprint density at radius 2 is 1.50 bits per heavy atom. The van der Waals surface area contributed by atoms with Gasteiger partial charge in [-0.15, -0.1) is 0 Å². The Bertz CT molecular complexity index is 774. The van der Waals surface area contributed by atoms with Gasteiger partial charge in [0.15, 0.2) is 8.32 Å². The van der Waals surface area contributed by atoms with Crippen LogP contribution in [0.5, 0.6) is 0 Å². The second-order valence-corrected chi connectivity index (χ2v) is 16.8. The van der Waals surface area contributed by atoms with Crippen molar-refractivity contribution in [3.8, 4) is 0 Å². The Morgan fingerprint density at radius 3 is 1.96 bits per heavy atom. The Labute approximate surface area is 171 Å². The van der Waals surface area contributed by atoms with Crippen molar-refractivity contribution in [1.82, 2.24) is 4.67 Å². The molecule has 28 heavy (non-hydrogen) atoms. The van der Waals surface area contributed by atoms with Crippen LogP contribution >= 0.6 is 7.29 Å². The summed E-state index contributed by atoms with van der Waals surface area (Å²) in [5.74, 6) is 0. The van der Waals surface area contributed by atoms with Crippen molar-refractivity contribution in [3.05, 3.63) is 60.7 Å². The Balaban J connectivity index is 1.93. The first kappa shape index (κ1) is 21.5. The molecule has 3 nitrogen and oxygen atoms in total. The van der Waals surface area contributed by atoms with Crippen LogP contribution in [0, 0.1) is 0 Å². The molecule has 1 atom stereocenters. The third-order valence-electron chi connectivity index (χ3n) is 6.36. The van der Waals surface area contributed by atoms with Gasteiger partial charge in [-0.05, 0) is 55.2 Å². The molecule has 1 heterocycles. The topological polar surface area (TPSA) is 29.5 Å². The highest BCUT2D eigenvalue weighted by molar-refractivity contribution is 7.76. The van der Waals surface area contributed by atoms with E-state index in [-0.39, 0.29) is 11.1 Å². The summed E-state index contributed by atoms with van der Waals surface area (Å²) in [5.41, 5.74) is 0. The van der Waals surface area contributed by atoms with Crippen LogP contribution in [0.15, 0.2) is 60.7 Å². The average molecular weight is 416 g/mol. The number of nitrogens with zero attached hydrogens (tertiary/aromatic N) is 1. The molecule has 1 fully saturated rings. The molecule has 152 valence electrons. The highest BCUT2D eigenvalue weighted by Gasteiger charge is 2.43. The number of rotatable bonds is 6. The minimum absolute atomic E-state index is 0.180. The summed E-state index contributed by atoms with van der Waals surface area (Å²) >= 11 is 0. The maximum Gasteiger partial charge on any atom is 0.207 e. The van der Waals surface area contributed by atoms with Crippen molar-refractivity contribution in [2.75, 3.05) is 13.2 Å². The predicted octanol–water partition coefficient (Wildman–Crippen LogP) is 5.40. The Kier molecular flexibility index (Phi) is 6.36. The molecule has 1 aliphatic rings. The second-order valence-electron chi connectivity index (χ2n) is 9.28. The summed E-state index contributed by atoms with van der Waals surface area (Å²) in [6, 6.07) is 20.2. The number of hydrogen-bond donors (Lipinski definition) is 0. The molecule has 0 unspecified atom stereocenters. The normalized spacial score (nSPS) is 19.1. The number of hydrogen-bond acceptors (Lipinski definition) is 2. The van der Waals surface area contributed by atoms with E-state index in [1.807, 2.05) is 60.7 Å². The van der Waals surface area contributed by atoms with Crippen LogP contribution in [-0.2, 0) is 8.99 Å². The molecular weight excluding hydrogens is 381 g/mol. The molecule has 0 spiro atoms. The quantitative estimate of drug-likeness (QED) is 0.467. The minimum Gasteiger partial charge on any atom is -0.415 e. The highest BCUT2D eigenvalue weighted by Crippen LogP contribution is 2.51. The highest BCUT2D eigenvalue weighted by atomic mass is 31.2. The molecule has 1 aliphatic heterocycles. The molecule has 2 aromatic carbocycles. The maximum absolute atomic E-state index is 14.6. The van der Waals surface area contributed by atoms with Crippen LogP contribution in [-0.4, -0.2) is 32.2 Å². The molecule has 2 aromatic rings. The van der Waals surface area contributed by atoms with Crippen molar-refractivity contribution in [1.29, 1.82) is 0 Å².